The number of nitrogens with one attached hydrogen (secondary N) is 3. The number of ether oxygens (including phenoxy) is 1. The largest absolute Gasteiger partial charge is 0.490 e. The number of hydrogen-bond acceptors (Lipinski definition) is 4. The molecule has 40 heavy (non-hydrogen) atoms. The third-order valence-electron chi connectivity index (χ3n) is 7.52. The molecule has 0 saturated carbocycles. The Morgan fingerprint density at radius 2 is 1.80 bits per heavy atom. The van der Waals surface area contributed by atoms with Crippen LogP contribution in [0.25, 0.3) is 22.0 Å². The molecule has 1 aromatic heterocycles. The van der Waals surface area contributed by atoms with Gasteiger partial charge in [-0.25, -0.2) is 0 Å². The topological polar surface area (TPSA) is 103 Å². The Morgan fingerprint density at radius 1 is 1.05 bits per heavy atom. The molecule has 0 fully saturated rings. The van der Waals surface area contributed by atoms with Crippen molar-refractivity contribution in [1.29, 1.82) is 0 Å². The zero-order valence-corrected chi connectivity index (χ0v) is 23.9. The van der Waals surface area contributed by atoms with Crippen molar-refractivity contribution in [3.63, 3.8) is 0 Å². The summed E-state index contributed by atoms with van der Waals surface area (Å²) < 4.78 is 6.03. The van der Waals surface area contributed by atoms with Crippen LogP contribution >= 0.6 is 11.6 Å². The molecular formula is C32H34ClN3O4. The van der Waals surface area contributed by atoms with Gasteiger partial charge in [-0.1, -0.05) is 35.4 Å². The van der Waals surface area contributed by atoms with Crippen molar-refractivity contribution in [2.45, 2.75) is 51.7 Å². The minimum Gasteiger partial charge on any atom is -0.490 e. The van der Waals surface area contributed by atoms with Gasteiger partial charge in [0.2, 0.25) is 0 Å². The number of aromatic nitrogens is 1. The molecule has 1 aliphatic rings. The number of benzene rings is 3. The number of hydrogen-bond donors (Lipinski definition) is 4. The molecule has 1 heterocycles. The summed E-state index contributed by atoms with van der Waals surface area (Å²) in [6.45, 7) is 5.62. The molecule has 4 aromatic rings. The Balaban J connectivity index is 1.57. The normalized spacial score (nSPS) is 16.6. The van der Waals surface area contributed by atoms with Crippen LogP contribution in [0.3, 0.4) is 0 Å². The van der Waals surface area contributed by atoms with Crippen molar-refractivity contribution in [3.8, 4) is 16.9 Å². The van der Waals surface area contributed by atoms with E-state index in [1.807, 2.05) is 32.9 Å². The lowest BCUT2D eigenvalue weighted by Crippen LogP contribution is -2.50. The third kappa shape index (κ3) is 5.07. The summed E-state index contributed by atoms with van der Waals surface area (Å²) in [7, 11) is 1.55. The van der Waals surface area contributed by atoms with E-state index in [9.17, 15) is 14.7 Å². The maximum absolute atomic E-state index is 14.1. The molecule has 3 aromatic carbocycles. The number of aromatic amines is 1. The van der Waals surface area contributed by atoms with Gasteiger partial charge in [-0.15, -0.1) is 0 Å². The van der Waals surface area contributed by atoms with Gasteiger partial charge in [-0.2, -0.15) is 0 Å². The number of fused-ring (bicyclic) bond motifs is 3. The van der Waals surface area contributed by atoms with E-state index >= 15 is 0 Å². The molecule has 1 unspecified atom stereocenters. The second-order valence-corrected chi connectivity index (χ2v) is 11.1. The number of aryl methyl sites for hydroxylation is 2. The molecule has 7 nitrogen and oxygen atoms in total. The maximum Gasteiger partial charge on any atom is 0.255 e. The smallest absolute Gasteiger partial charge is 0.255 e. The predicted molar refractivity (Wildman–Crippen MR) is 158 cm³/mol. The molecule has 0 spiro atoms. The standard InChI is InChI=1S/C32H34ClN3O4/c1-18(2)40-28-12-9-20(21-8-10-22(25(33)16-21)30(38)34-4)15-24(28)31(39)36-32(17-37)13-5-6-27-29(32)23-14-19(3)7-11-26(23)35-27/h7-12,14-16,18,35,37H,5-6,13,17H2,1-4H3,(H,34,38)(H,36,39). The summed E-state index contributed by atoms with van der Waals surface area (Å²) in [6.07, 6.45) is 2.14. The minimum atomic E-state index is -0.944. The highest BCUT2D eigenvalue weighted by atomic mass is 35.5. The van der Waals surface area contributed by atoms with Crippen LogP contribution in [0.4, 0.5) is 0 Å². The van der Waals surface area contributed by atoms with Gasteiger partial charge in [0.05, 0.1) is 34.4 Å². The number of aliphatic hydroxyl groups excluding tert-OH is 1. The van der Waals surface area contributed by atoms with Crippen molar-refractivity contribution in [3.05, 3.63) is 87.6 Å². The van der Waals surface area contributed by atoms with Crippen LogP contribution in [0.15, 0.2) is 54.6 Å². The van der Waals surface area contributed by atoms with Crippen molar-refractivity contribution in [2.75, 3.05) is 13.7 Å². The Bertz CT molecular complexity index is 1610. The van der Waals surface area contributed by atoms with Crippen LogP contribution < -0.4 is 15.4 Å². The molecule has 4 N–H and O–H groups in total. The van der Waals surface area contributed by atoms with Crippen LogP contribution in [-0.2, 0) is 12.0 Å². The van der Waals surface area contributed by atoms with Gasteiger partial charge in [0.1, 0.15) is 5.75 Å². The number of carbonyl (C=O) groups is 2. The molecule has 8 heteroatoms. The lowest BCUT2D eigenvalue weighted by molar-refractivity contribution is 0.0795. The molecule has 208 valence electrons. The van der Waals surface area contributed by atoms with Crippen LogP contribution in [0.5, 0.6) is 5.75 Å². The van der Waals surface area contributed by atoms with E-state index in [4.69, 9.17) is 16.3 Å². The van der Waals surface area contributed by atoms with Gasteiger partial charge in [0, 0.05) is 29.2 Å². The summed E-state index contributed by atoms with van der Waals surface area (Å²) in [6, 6.07) is 16.8. The molecule has 0 bridgehead atoms. The van der Waals surface area contributed by atoms with Crippen LogP contribution in [-0.4, -0.2) is 41.7 Å². The molecule has 0 aliphatic heterocycles. The van der Waals surface area contributed by atoms with Crippen molar-refractivity contribution in [1.82, 2.24) is 15.6 Å². The number of aliphatic hydroxyl groups is 1. The lowest BCUT2D eigenvalue weighted by atomic mass is 9.78. The third-order valence-corrected chi connectivity index (χ3v) is 7.84. The number of H-pyrrole nitrogens is 1. The first kappa shape index (κ1) is 27.7. The fourth-order valence-corrected chi connectivity index (χ4v) is 5.92. The van der Waals surface area contributed by atoms with Gasteiger partial charge in [-0.3, -0.25) is 9.59 Å². The average Bonchev–Trinajstić information content (AvgIpc) is 3.31. The SMILES string of the molecule is CNC(=O)c1ccc(-c2ccc(OC(C)C)c(C(=O)NC3(CO)CCCc4[nH]c5ccc(C)cc5c43)c2)cc1Cl. The van der Waals surface area contributed by atoms with E-state index in [1.165, 1.54) is 0 Å². The highest BCUT2D eigenvalue weighted by Crippen LogP contribution is 2.41. The molecule has 0 radical (unpaired) electrons. The summed E-state index contributed by atoms with van der Waals surface area (Å²) >= 11 is 6.42. The van der Waals surface area contributed by atoms with E-state index in [-0.39, 0.29) is 24.5 Å². The first-order valence-corrected chi connectivity index (χ1v) is 13.9. The fraction of sp³-hybridized carbons (Fsp3) is 0.312. The first-order valence-electron chi connectivity index (χ1n) is 13.5. The van der Waals surface area contributed by atoms with Gasteiger partial charge < -0.3 is 25.5 Å². The lowest BCUT2D eigenvalue weighted by Gasteiger charge is -2.37. The van der Waals surface area contributed by atoms with Gasteiger partial charge >= 0.3 is 0 Å². The molecule has 1 atom stereocenters. The summed E-state index contributed by atoms with van der Waals surface area (Å²) in [4.78, 5) is 29.7. The molecule has 1 aliphatic carbocycles. The summed E-state index contributed by atoms with van der Waals surface area (Å²) in [5.41, 5.74) is 5.38. The quantitative estimate of drug-likeness (QED) is 0.226. The van der Waals surface area contributed by atoms with E-state index in [0.29, 0.717) is 28.3 Å². The second kappa shape index (κ2) is 11.0. The van der Waals surface area contributed by atoms with Gasteiger partial charge in [0.15, 0.2) is 0 Å². The van der Waals surface area contributed by atoms with Crippen molar-refractivity contribution < 1.29 is 19.4 Å². The average molecular weight is 560 g/mol. The molecule has 0 saturated heterocycles. The number of rotatable bonds is 7. The summed E-state index contributed by atoms with van der Waals surface area (Å²) in [5, 5.41) is 17.9. The predicted octanol–water partition coefficient (Wildman–Crippen LogP) is 5.90. The molecule has 5 rings (SSSR count). The van der Waals surface area contributed by atoms with E-state index in [1.54, 1.807) is 37.4 Å². The zero-order valence-electron chi connectivity index (χ0n) is 23.2. The zero-order chi connectivity index (χ0) is 28.6. The fourth-order valence-electron chi connectivity index (χ4n) is 5.65. The van der Waals surface area contributed by atoms with Crippen LogP contribution in [0.1, 0.15) is 64.2 Å². The van der Waals surface area contributed by atoms with Gasteiger partial charge in [-0.05, 0) is 87.6 Å². The monoisotopic (exact) mass is 559 g/mol. The van der Waals surface area contributed by atoms with Crippen molar-refractivity contribution >= 4 is 34.3 Å². The first-order chi connectivity index (χ1) is 19.2. The summed E-state index contributed by atoms with van der Waals surface area (Å²) in [5.74, 6) is -0.163. The highest BCUT2D eigenvalue weighted by Gasteiger charge is 2.40. The number of amides is 2. The minimum absolute atomic E-state index is 0.150. The van der Waals surface area contributed by atoms with E-state index in [2.05, 4.69) is 27.8 Å². The molecular weight excluding hydrogens is 526 g/mol. The number of halogens is 1. The highest BCUT2D eigenvalue weighted by molar-refractivity contribution is 6.34. The Morgan fingerprint density at radius 3 is 2.50 bits per heavy atom. The molecule has 2 amide bonds. The van der Waals surface area contributed by atoms with E-state index < -0.39 is 5.54 Å². The Kier molecular flexibility index (Phi) is 7.62. The van der Waals surface area contributed by atoms with Crippen molar-refractivity contribution in [2.24, 2.45) is 0 Å². The van der Waals surface area contributed by atoms with Crippen LogP contribution in [0.2, 0.25) is 5.02 Å². The Hall–Kier alpha value is -3.81. The van der Waals surface area contributed by atoms with Crippen LogP contribution in [0, 0.1) is 6.92 Å². The second-order valence-electron chi connectivity index (χ2n) is 10.7. The Labute approximate surface area is 238 Å². The van der Waals surface area contributed by atoms with E-state index in [0.717, 1.165) is 51.7 Å². The maximum atomic E-state index is 14.1. The number of carbonyl (C=O) groups excluding carboxylic acids is 2. The van der Waals surface area contributed by atoms with Gasteiger partial charge in [0.25, 0.3) is 11.8 Å².